The fraction of sp³-hybridized carbons (Fsp3) is 0.833. The third-order valence-electron chi connectivity index (χ3n) is 5.84. The molecule has 2 N–H and O–H groups in total. The lowest BCUT2D eigenvalue weighted by Gasteiger charge is -2.32. The first-order chi connectivity index (χ1) is 12.3. The molecule has 154 valence electrons. The lowest BCUT2D eigenvalue weighted by atomic mass is 9.95. The lowest BCUT2D eigenvalue weighted by molar-refractivity contribution is -0.132. The molecular weight excluding hydrogens is 387 g/mol. The second kappa shape index (κ2) is 10.0. The van der Waals surface area contributed by atoms with Crippen LogP contribution >= 0.6 is 24.8 Å². The van der Waals surface area contributed by atoms with E-state index in [2.05, 4.69) is 19.7 Å². The zero-order valence-electron chi connectivity index (χ0n) is 15.9. The molecule has 3 aliphatic rings. The maximum Gasteiger partial charge on any atom is 0.223 e. The first kappa shape index (κ1) is 22.4. The first-order valence-electron chi connectivity index (χ1n) is 9.90. The molecule has 2 aliphatic heterocycles. The van der Waals surface area contributed by atoms with Crippen molar-refractivity contribution in [1.82, 2.24) is 24.6 Å². The van der Waals surface area contributed by atoms with E-state index in [1.165, 1.54) is 44.6 Å². The van der Waals surface area contributed by atoms with Gasteiger partial charge >= 0.3 is 0 Å². The topological polar surface area (TPSA) is 80.3 Å². The second-order valence-corrected chi connectivity index (χ2v) is 7.75. The summed E-state index contributed by atoms with van der Waals surface area (Å²) in [6.07, 6.45) is 7.57. The summed E-state index contributed by atoms with van der Waals surface area (Å²) in [6.45, 7) is 5.40. The van der Waals surface area contributed by atoms with Gasteiger partial charge in [0.15, 0.2) is 0 Å². The normalized spacial score (nSPS) is 21.0. The maximum atomic E-state index is 12.0. The van der Waals surface area contributed by atoms with Crippen molar-refractivity contribution in [2.45, 2.75) is 63.5 Å². The van der Waals surface area contributed by atoms with E-state index in [0.717, 1.165) is 38.3 Å². The summed E-state index contributed by atoms with van der Waals surface area (Å²) in [5.41, 5.74) is 5.51. The molecule has 1 saturated carbocycles. The Morgan fingerprint density at radius 3 is 2.26 bits per heavy atom. The Balaban J connectivity index is 0.00000131. The molecule has 4 rings (SSSR count). The quantitative estimate of drug-likeness (QED) is 0.764. The molecule has 3 fully saturated rings. The van der Waals surface area contributed by atoms with Gasteiger partial charge < -0.3 is 15.2 Å². The predicted molar refractivity (Wildman–Crippen MR) is 110 cm³/mol. The minimum atomic E-state index is 0. The van der Waals surface area contributed by atoms with E-state index in [-0.39, 0.29) is 30.7 Å². The highest BCUT2D eigenvalue weighted by Gasteiger charge is 2.34. The van der Waals surface area contributed by atoms with E-state index >= 15 is 0 Å². The average Bonchev–Trinajstić information content (AvgIpc) is 3.17. The number of rotatable bonds is 6. The third kappa shape index (κ3) is 5.13. The summed E-state index contributed by atoms with van der Waals surface area (Å²) in [6, 6.07) is 0.611. The van der Waals surface area contributed by atoms with Crippen LogP contribution in [-0.2, 0) is 11.3 Å². The minimum absolute atomic E-state index is 0. The number of likely N-dealkylation sites (tertiary alicyclic amines) is 2. The fourth-order valence-corrected chi connectivity index (χ4v) is 4.26. The van der Waals surface area contributed by atoms with Crippen LogP contribution in [0.15, 0.2) is 0 Å². The summed E-state index contributed by atoms with van der Waals surface area (Å²) in [7, 11) is 0. The van der Waals surface area contributed by atoms with Gasteiger partial charge in [-0.15, -0.1) is 35.0 Å². The number of amides is 1. The van der Waals surface area contributed by atoms with Crippen LogP contribution in [0.1, 0.15) is 68.6 Å². The molecular formula is C18H32Cl2N6O. The molecule has 27 heavy (non-hydrogen) atoms. The summed E-state index contributed by atoms with van der Waals surface area (Å²) in [4.78, 5) is 16.5. The third-order valence-corrected chi connectivity index (χ3v) is 5.84. The van der Waals surface area contributed by atoms with E-state index in [4.69, 9.17) is 5.73 Å². The van der Waals surface area contributed by atoms with Crippen LogP contribution in [0, 0.1) is 0 Å². The summed E-state index contributed by atoms with van der Waals surface area (Å²) < 4.78 is 2.44. The predicted octanol–water partition coefficient (Wildman–Crippen LogP) is 2.11. The Hall–Kier alpha value is -0.890. The van der Waals surface area contributed by atoms with E-state index in [9.17, 15) is 4.79 Å². The number of nitrogens with two attached hydrogens (primary N) is 1. The Morgan fingerprint density at radius 2 is 1.67 bits per heavy atom. The van der Waals surface area contributed by atoms with Crippen molar-refractivity contribution in [3.8, 4) is 0 Å². The molecule has 1 aliphatic carbocycles. The highest BCUT2D eigenvalue weighted by molar-refractivity contribution is 5.85. The number of aromatic nitrogens is 3. The molecule has 9 heteroatoms. The molecule has 0 atom stereocenters. The van der Waals surface area contributed by atoms with Gasteiger partial charge in [-0.1, -0.05) is 0 Å². The number of carbonyl (C=O) groups excluding carboxylic acids is 1. The SMILES string of the molecule is Cl.Cl.NCCC(=O)N1CCC(c2nnc(CN3CCCC3)n2C2CC2)CC1. The van der Waals surface area contributed by atoms with Gasteiger partial charge in [0.25, 0.3) is 0 Å². The first-order valence-corrected chi connectivity index (χ1v) is 9.90. The molecule has 1 amide bonds. The summed E-state index contributed by atoms with van der Waals surface area (Å²) >= 11 is 0. The largest absolute Gasteiger partial charge is 0.343 e. The van der Waals surface area contributed by atoms with Crippen molar-refractivity contribution in [2.75, 3.05) is 32.7 Å². The molecule has 2 saturated heterocycles. The average molecular weight is 419 g/mol. The zero-order valence-corrected chi connectivity index (χ0v) is 17.5. The van der Waals surface area contributed by atoms with Crippen LogP contribution in [0.25, 0.3) is 0 Å². The molecule has 0 aromatic carbocycles. The van der Waals surface area contributed by atoms with Crippen LogP contribution in [-0.4, -0.2) is 63.2 Å². The Labute approximate surface area is 173 Å². The van der Waals surface area contributed by atoms with Crippen molar-refractivity contribution in [3.63, 3.8) is 0 Å². The van der Waals surface area contributed by atoms with Gasteiger partial charge in [0.05, 0.1) is 6.54 Å². The van der Waals surface area contributed by atoms with Crippen LogP contribution < -0.4 is 5.73 Å². The monoisotopic (exact) mass is 418 g/mol. The standard InChI is InChI=1S/C18H30N6O.2ClH/c19-8-5-17(25)23-11-6-14(7-12-23)18-21-20-16(24(18)15-3-4-15)13-22-9-1-2-10-22;;/h14-15H,1-13,19H2;2*1H. The highest BCUT2D eigenvalue weighted by Crippen LogP contribution is 2.40. The smallest absolute Gasteiger partial charge is 0.223 e. The number of carbonyl (C=O) groups is 1. The summed E-state index contributed by atoms with van der Waals surface area (Å²) in [5, 5.41) is 9.19. The number of hydrogen-bond acceptors (Lipinski definition) is 5. The van der Waals surface area contributed by atoms with Gasteiger partial charge in [0.1, 0.15) is 11.6 Å². The number of piperidine rings is 1. The zero-order chi connectivity index (χ0) is 17.2. The van der Waals surface area contributed by atoms with Crippen LogP contribution in [0.4, 0.5) is 0 Å². The van der Waals surface area contributed by atoms with Crippen molar-refractivity contribution in [3.05, 3.63) is 11.6 Å². The maximum absolute atomic E-state index is 12.0. The Kier molecular flexibility index (Phi) is 8.34. The van der Waals surface area contributed by atoms with Crippen LogP contribution in [0.5, 0.6) is 0 Å². The van der Waals surface area contributed by atoms with E-state index in [1.54, 1.807) is 0 Å². The van der Waals surface area contributed by atoms with E-state index < -0.39 is 0 Å². The second-order valence-electron chi connectivity index (χ2n) is 7.75. The number of nitrogens with zero attached hydrogens (tertiary/aromatic N) is 5. The van der Waals surface area contributed by atoms with Gasteiger partial charge in [-0.2, -0.15) is 0 Å². The Morgan fingerprint density at radius 1 is 1.00 bits per heavy atom. The number of hydrogen-bond donors (Lipinski definition) is 1. The lowest BCUT2D eigenvalue weighted by Crippen LogP contribution is -2.39. The van der Waals surface area contributed by atoms with Crippen molar-refractivity contribution in [1.29, 1.82) is 0 Å². The van der Waals surface area contributed by atoms with Gasteiger partial charge in [-0.3, -0.25) is 9.69 Å². The van der Waals surface area contributed by atoms with Crippen LogP contribution in [0.2, 0.25) is 0 Å². The molecule has 1 aromatic heterocycles. The Bertz CT molecular complexity index is 607. The van der Waals surface area contributed by atoms with Crippen molar-refractivity contribution in [2.24, 2.45) is 5.73 Å². The van der Waals surface area contributed by atoms with Gasteiger partial charge in [0, 0.05) is 38.0 Å². The molecule has 0 bridgehead atoms. The van der Waals surface area contributed by atoms with Crippen LogP contribution in [0.3, 0.4) is 0 Å². The van der Waals surface area contributed by atoms with E-state index in [1.807, 2.05) is 4.90 Å². The molecule has 3 heterocycles. The number of halogens is 2. The highest BCUT2D eigenvalue weighted by atomic mass is 35.5. The van der Waals surface area contributed by atoms with Gasteiger partial charge in [-0.25, -0.2) is 0 Å². The molecule has 7 nitrogen and oxygen atoms in total. The van der Waals surface area contributed by atoms with Crippen molar-refractivity contribution >= 4 is 30.7 Å². The van der Waals surface area contributed by atoms with Gasteiger partial charge in [-0.05, 0) is 51.6 Å². The molecule has 1 aromatic rings. The summed E-state index contributed by atoms with van der Waals surface area (Å²) in [5.74, 6) is 2.95. The van der Waals surface area contributed by atoms with Gasteiger partial charge in [0.2, 0.25) is 5.91 Å². The fourth-order valence-electron chi connectivity index (χ4n) is 4.26. The molecule has 0 radical (unpaired) electrons. The molecule has 0 unspecified atom stereocenters. The van der Waals surface area contributed by atoms with E-state index in [0.29, 0.717) is 24.9 Å². The molecule has 0 spiro atoms. The van der Waals surface area contributed by atoms with Crippen molar-refractivity contribution < 1.29 is 4.79 Å². The minimum Gasteiger partial charge on any atom is -0.343 e.